The summed E-state index contributed by atoms with van der Waals surface area (Å²) in [4.78, 5) is 28.4. The number of hydrogen-bond acceptors (Lipinski definition) is 6. The van der Waals surface area contributed by atoms with Crippen LogP contribution in [0.25, 0.3) is 0 Å². The van der Waals surface area contributed by atoms with Crippen LogP contribution in [0, 0.1) is 5.82 Å². The van der Waals surface area contributed by atoms with Crippen molar-refractivity contribution >= 4 is 27.5 Å². The second kappa shape index (κ2) is 14.0. The van der Waals surface area contributed by atoms with E-state index < -0.39 is 34.3 Å². The predicted octanol–water partition coefficient (Wildman–Crippen LogP) is 4.37. The summed E-state index contributed by atoms with van der Waals surface area (Å²) in [7, 11) is -1.56. The Morgan fingerprint density at radius 3 is 2.12 bits per heavy atom. The Hall–Kier alpha value is -4.12. The molecule has 0 fully saturated rings. The normalized spacial score (nSPS) is 12.0. The summed E-state index contributed by atoms with van der Waals surface area (Å²) in [6, 6.07) is 17.0. The minimum absolute atomic E-state index is 0.0777. The van der Waals surface area contributed by atoms with Crippen molar-refractivity contribution in [2.24, 2.45) is 0 Å². The first-order valence-electron chi connectivity index (χ1n) is 13.2. The number of carbonyl (C=O) groups is 2. The molecule has 0 saturated heterocycles. The Balaban J connectivity index is 2.08. The van der Waals surface area contributed by atoms with Gasteiger partial charge < -0.3 is 19.7 Å². The van der Waals surface area contributed by atoms with Crippen molar-refractivity contribution < 1.29 is 31.9 Å². The van der Waals surface area contributed by atoms with E-state index in [1.54, 1.807) is 6.92 Å². The second-order valence-corrected chi connectivity index (χ2v) is 11.5. The number of benzene rings is 3. The number of amides is 2. The molecular weight excluding hydrogens is 549 g/mol. The molecule has 0 bridgehead atoms. The van der Waals surface area contributed by atoms with Crippen LogP contribution >= 0.6 is 0 Å². The first kappa shape index (κ1) is 31.4. The van der Waals surface area contributed by atoms with Crippen molar-refractivity contribution in [2.45, 2.75) is 50.7 Å². The average Bonchev–Trinajstić information content (AvgIpc) is 2.95. The number of rotatable bonds is 13. The molecule has 0 heterocycles. The molecule has 3 aromatic rings. The highest BCUT2D eigenvalue weighted by molar-refractivity contribution is 7.92. The maximum atomic E-state index is 14.0. The first-order valence-corrected chi connectivity index (χ1v) is 14.6. The van der Waals surface area contributed by atoms with Crippen molar-refractivity contribution in [3.05, 3.63) is 84.2 Å². The van der Waals surface area contributed by atoms with Gasteiger partial charge in [0.1, 0.15) is 18.4 Å². The number of anilines is 1. The van der Waals surface area contributed by atoms with Crippen LogP contribution in [-0.2, 0) is 26.2 Å². The number of sulfonamides is 1. The highest BCUT2D eigenvalue weighted by Crippen LogP contribution is 2.32. The van der Waals surface area contributed by atoms with Crippen LogP contribution in [0.15, 0.2) is 77.7 Å². The maximum Gasteiger partial charge on any atom is 0.264 e. The van der Waals surface area contributed by atoms with Gasteiger partial charge in [0.05, 0.1) is 24.8 Å². The SMILES string of the molecule is CC[C@@H](C(=O)NC(C)C)N(Cc1ccccc1)C(=O)CN(c1ccc(F)cc1)S(=O)(=O)c1ccc(OC)c(OC)c1. The summed E-state index contributed by atoms with van der Waals surface area (Å²) in [5, 5.41) is 2.85. The van der Waals surface area contributed by atoms with Gasteiger partial charge in [0.25, 0.3) is 10.0 Å². The molecule has 3 aromatic carbocycles. The van der Waals surface area contributed by atoms with E-state index in [0.717, 1.165) is 22.0 Å². The van der Waals surface area contributed by atoms with E-state index in [-0.39, 0.29) is 34.8 Å². The quantitative estimate of drug-likeness (QED) is 0.320. The number of ether oxygens (including phenoxy) is 2. The fourth-order valence-electron chi connectivity index (χ4n) is 4.32. The van der Waals surface area contributed by atoms with Crippen LogP contribution in [0.1, 0.15) is 32.8 Å². The fraction of sp³-hybridized carbons (Fsp3) is 0.333. The summed E-state index contributed by atoms with van der Waals surface area (Å²) in [6.45, 7) is 4.87. The van der Waals surface area contributed by atoms with Gasteiger partial charge in [0.2, 0.25) is 11.8 Å². The van der Waals surface area contributed by atoms with Crippen LogP contribution in [0.3, 0.4) is 0 Å². The number of methoxy groups -OCH3 is 2. The summed E-state index contributed by atoms with van der Waals surface area (Å²) >= 11 is 0. The van der Waals surface area contributed by atoms with E-state index in [0.29, 0.717) is 12.2 Å². The largest absolute Gasteiger partial charge is 0.493 e. The van der Waals surface area contributed by atoms with Crippen molar-refractivity contribution in [3.8, 4) is 11.5 Å². The number of halogens is 1. The lowest BCUT2D eigenvalue weighted by molar-refractivity contribution is -0.140. The Bertz CT molecular complexity index is 1430. The molecule has 11 heteroatoms. The van der Waals surface area contributed by atoms with Crippen molar-refractivity contribution in [3.63, 3.8) is 0 Å². The van der Waals surface area contributed by atoms with Crippen LogP contribution in [0.5, 0.6) is 11.5 Å². The molecule has 220 valence electrons. The Labute approximate surface area is 240 Å². The molecule has 0 saturated carbocycles. The number of nitrogens with zero attached hydrogens (tertiary/aromatic N) is 2. The van der Waals surface area contributed by atoms with Gasteiger partial charge in [-0.25, -0.2) is 12.8 Å². The number of carbonyl (C=O) groups excluding carboxylic acids is 2. The summed E-state index contributed by atoms with van der Waals surface area (Å²) in [5.74, 6) is -1.01. The van der Waals surface area contributed by atoms with Gasteiger partial charge in [-0.15, -0.1) is 0 Å². The average molecular weight is 586 g/mol. The summed E-state index contributed by atoms with van der Waals surface area (Å²) in [5.41, 5.74) is 0.849. The smallest absolute Gasteiger partial charge is 0.264 e. The molecule has 1 atom stereocenters. The van der Waals surface area contributed by atoms with Crippen LogP contribution in [0.2, 0.25) is 0 Å². The number of nitrogens with one attached hydrogen (secondary N) is 1. The van der Waals surface area contributed by atoms with Gasteiger partial charge in [-0.05, 0) is 62.2 Å². The zero-order chi connectivity index (χ0) is 30.2. The minimum atomic E-state index is -4.37. The first-order chi connectivity index (χ1) is 19.5. The highest BCUT2D eigenvalue weighted by atomic mass is 32.2. The third-order valence-corrected chi connectivity index (χ3v) is 8.12. The van der Waals surface area contributed by atoms with E-state index in [4.69, 9.17) is 9.47 Å². The molecule has 0 spiro atoms. The van der Waals surface area contributed by atoms with E-state index in [1.165, 1.54) is 49.5 Å². The predicted molar refractivity (Wildman–Crippen MR) is 155 cm³/mol. The Morgan fingerprint density at radius 1 is 0.927 bits per heavy atom. The molecule has 0 aromatic heterocycles. The number of hydrogen-bond donors (Lipinski definition) is 1. The third-order valence-electron chi connectivity index (χ3n) is 6.35. The van der Waals surface area contributed by atoms with Crippen LogP contribution < -0.4 is 19.1 Å². The molecule has 41 heavy (non-hydrogen) atoms. The zero-order valence-electron chi connectivity index (χ0n) is 23.8. The van der Waals surface area contributed by atoms with Crippen LogP contribution in [-0.4, -0.2) is 58.0 Å². The lowest BCUT2D eigenvalue weighted by atomic mass is 10.1. The lowest BCUT2D eigenvalue weighted by Gasteiger charge is -2.33. The van der Waals surface area contributed by atoms with Gasteiger partial charge >= 0.3 is 0 Å². The second-order valence-electron chi connectivity index (χ2n) is 9.60. The lowest BCUT2D eigenvalue weighted by Crippen LogP contribution is -2.53. The maximum absolute atomic E-state index is 14.0. The Kier molecular flexibility index (Phi) is 10.7. The molecule has 3 rings (SSSR count). The fourth-order valence-corrected chi connectivity index (χ4v) is 5.75. The molecule has 9 nitrogen and oxygen atoms in total. The molecule has 2 amide bonds. The van der Waals surface area contributed by atoms with Gasteiger partial charge in [0.15, 0.2) is 11.5 Å². The zero-order valence-corrected chi connectivity index (χ0v) is 24.7. The molecule has 0 aliphatic rings. The molecule has 1 N–H and O–H groups in total. The molecule has 0 aliphatic carbocycles. The van der Waals surface area contributed by atoms with Crippen molar-refractivity contribution in [2.75, 3.05) is 25.1 Å². The van der Waals surface area contributed by atoms with Crippen LogP contribution in [0.4, 0.5) is 10.1 Å². The third kappa shape index (κ3) is 7.75. The summed E-state index contributed by atoms with van der Waals surface area (Å²) in [6.07, 6.45) is 0.302. The van der Waals surface area contributed by atoms with Gasteiger partial charge in [-0.3, -0.25) is 13.9 Å². The van der Waals surface area contributed by atoms with Crippen molar-refractivity contribution in [1.29, 1.82) is 0 Å². The van der Waals surface area contributed by atoms with E-state index >= 15 is 0 Å². The molecule has 0 radical (unpaired) electrons. The van der Waals surface area contributed by atoms with Crippen molar-refractivity contribution in [1.82, 2.24) is 10.2 Å². The summed E-state index contributed by atoms with van der Waals surface area (Å²) < 4.78 is 53.2. The Morgan fingerprint density at radius 2 is 1.56 bits per heavy atom. The monoisotopic (exact) mass is 585 g/mol. The van der Waals surface area contributed by atoms with Gasteiger partial charge in [0, 0.05) is 18.7 Å². The highest BCUT2D eigenvalue weighted by Gasteiger charge is 2.34. The van der Waals surface area contributed by atoms with E-state index in [9.17, 15) is 22.4 Å². The standard InChI is InChI=1S/C30H36FN3O6S/c1-6-26(30(36)32-21(2)3)33(19-22-10-8-7-9-11-22)29(35)20-34(24-14-12-23(31)13-15-24)41(37,38)25-16-17-27(39-4)28(18-25)40-5/h7-18,21,26H,6,19-20H2,1-5H3,(H,32,36)/t26-/m0/s1. The molecule has 0 unspecified atom stereocenters. The van der Waals surface area contributed by atoms with Gasteiger partial charge in [-0.1, -0.05) is 37.3 Å². The molecule has 0 aliphatic heterocycles. The van der Waals surface area contributed by atoms with E-state index in [1.807, 2.05) is 44.2 Å². The molecular formula is C30H36FN3O6S. The van der Waals surface area contributed by atoms with E-state index in [2.05, 4.69) is 5.32 Å². The van der Waals surface area contributed by atoms with Gasteiger partial charge in [-0.2, -0.15) is 0 Å². The topological polar surface area (TPSA) is 105 Å². The minimum Gasteiger partial charge on any atom is -0.493 e.